The van der Waals surface area contributed by atoms with Crippen molar-refractivity contribution < 1.29 is 17.9 Å². The molecule has 8 heteroatoms. The minimum Gasteiger partial charge on any atom is -0.483 e. The Morgan fingerprint density at radius 3 is 2.77 bits per heavy atom. The van der Waals surface area contributed by atoms with Gasteiger partial charge in [0.25, 0.3) is 15.9 Å². The molecule has 1 N–H and O–H groups in total. The maximum atomic E-state index is 13.0. The van der Waals surface area contributed by atoms with E-state index in [0.29, 0.717) is 27.9 Å². The van der Waals surface area contributed by atoms with Crippen LogP contribution in [0.4, 0.5) is 11.4 Å². The normalized spacial score (nSPS) is 13.6. The van der Waals surface area contributed by atoms with E-state index in [1.165, 1.54) is 15.6 Å². The largest absolute Gasteiger partial charge is 0.483 e. The Labute approximate surface area is 180 Å². The van der Waals surface area contributed by atoms with Gasteiger partial charge in [-0.25, -0.2) is 8.42 Å². The quantitative estimate of drug-likeness (QED) is 0.620. The zero-order valence-corrected chi connectivity index (χ0v) is 18.1. The van der Waals surface area contributed by atoms with Gasteiger partial charge in [0.15, 0.2) is 6.61 Å². The zero-order chi connectivity index (χ0) is 21.1. The summed E-state index contributed by atoms with van der Waals surface area (Å²) in [4.78, 5) is 12.3. The Bertz CT molecular complexity index is 1160. The highest BCUT2D eigenvalue weighted by Crippen LogP contribution is 2.34. The van der Waals surface area contributed by atoms with Crippen LogP contribution in [0.3, 0.4) is 0 Å². The number of carbonyl (C=O) groups excluding carboxylic acids is 1. The molecular weight excluding hydrogens is 420 g/mol. The number of anilines is 2. The Hall–Kier alpha value is -2.84. The highest BCUT2D eigenvalue weighted by atomic mass is 32.2. The van der Waals surface area contributed by atoms with Gasteiger partial charge < -0.3 is 10.1 Å². The number of nitrogens with one attached hydrogen (secondary N) is 1. The monoisotopic (exact) mass is 442 g/mol. The Morgan fingerprint density at radius 1 is 1.17 bits per heavy atom. The first-order valence-corrected chi connectivity index (χ1v) is 11.9. The summed E-state index contributed by atoms with van der Waals surface area (Å²) in [6.45, 7) is 2.27. The molecule has 0 saturated carbocycles. The maximum absolute atomic E-state index is 13.0. The van der Waals surface area contributed by atoms with Gasteiger partial charge in [0.05, 0.1) is 5.69 Å². The predicted octanol–water partition coefficient (Wildman–Crippen LogP) is 4.22. The number of fused-ring (bicyclic) bond motifs is 1. The van der Waals surface area contributed by atoms with Gasteiger partial charge in [0.2, 0.25) is 0 Å². The number of benzene rings is 2. The van der Waals surface area contributed by atoms with Crippen LogP contribution in [-0.2, 0) is 21.2 Å². The summed E-state index contributed by atoms with van der Waals surface area (Å²) in [5.74, 6) is 0.407. The minimum absolute atomic E-state index is 0.0964. The van der Waals surface area contributed by atoms with Gasteiger partial charge in [0, 0.05) is 12.2 Å². The number of rotatable bonds is 6. The average molecular weight is 443 g/mol. The third-order valence-electron chi connectivity index (χ3n) is 4.93. The third-order valence-corrected chi connectivity index (χ3v) is 8.12. The van der Waals surface area contributed by atoms with E-state index in [0.717, 1.165) is 24.0 Å². The van der Waals surface area contributed by atoms with Crippen LogP contribution in [0, 0.1) is 6.92 Å². The minimum atomic E-state index is -3.57. The fraction of sp³-hybridized carbons (Fsp3) is 0.227. The smallest absolute Gasteiger partial charge is 0.273 e. The molecule has 0 atom stereocenters. The SMILES string of the molecule is Cc1ccccc1OCC(=O)Nc1ccc2c(c1)CCCN2S(=O)(=O)c1cccs1. The molecule has 1 aromatic heterocycles. The van der Waals surface area contributed by atoms with Crippen LogP contribution < -0.4 is 14.4 Å². The van der Waals surface area contributed by atoms with Crippen molar-refractivity contribution in [1.29, 1.82) is 0 Å². The summed E-state index contributed by atoms with van der Waals surface area (Å²) in [5, 5.41) is 4.59. The molecule has 156 valence electrons. The van der Waals surface area contributed by atoms with E-state index in [4.69, 9.17) is 4.74 Å². The molecule has 2 heterocycles. The van der Waals surface area contributed by atoms with Crippen molar-refractivity contribution in [2.45, 2.75) is 24.0 Å². The molecule has 3 aromatic rings. The van der Waals surface area contributed by atoms with Gasteiger partial charge in [-0.15, -0.1) is 11.3 Å². The first-order chi connectivity index (χ1) is 14.4. The predicted molar refractivity (Wildman–Crippen MR) is 119 cm³/mol. The lowest BCUT2D eigenvalue weighted by Gasteiger charge is -2.30. The number of sulfonamides is 1. The topological polar surface area (TPSA) is 75.7 Å². The summed E-state index contributed by atoms with van der Waals surface area (Å²) >= 11 is 1.21. The number of hydrogen-bond acceptors (Lipinski definition) is 5. The number of amides is 1. The van der Waals surface area contributed by atoms with E-state index in [1.807, 2.05) is 37.3 Å². The molecule has 0 aliphatic carbocycles. The lowest BCUT2D eigenvalue weighted by Crippen LogP contribution is -2.35. The number of para-hydroxylation sites is 1. The maximum Gasteiger partial charge on any atom is 0.273 e. The van der Waals surface area contributed by atoms with E-state index in [1.54, 1.807) is 29.6 Å². The molecule has 0 unspecified atom stereocenters. The number of hydrogen-bond donors (Lipinski definition) is 1. The first kappa shape index (κ1) is 20.4. The lowest BCUT2D eigenvalue weighted by atomic mass is 10.0. The van der Waals surface area contributed by atoms with Crippen molar-refractivity contribution in [3.8, 4) is 5.75 Å². The van der Waals surface area contributed by atoms with Crippen LogP contribution in [0.2, 0.25) is 0 Å². The number of carbonyl (C=O) groups is 1. The number of aryl methyl sites for hydroxylation is 2. The zero-order valence-electron chi connectivity index (χ0n) is 16.5. The summed E-state index contributed by atoms with van der Waals surface area (Å²) in [6, 6.07) is 16.2. The molecule has 1 aliphatic heterocycles. The Morgan fingerprint density at radius 2 is 2.00 bits per heavy atom. The van der Waals surface area contributed by atoms with E-state index in [2.05, 4.69) is 5.32 Å². The molecule has 0 spiro atoms. The molecule has 6 nitrogen and oxygen atoms in total. The first-order valence-electron chi connectivity index (χ1n) is 9.62. The van der Waals surface area contributed by atoms with Crippen LogP contribution in [0.5, 0.6) is 5.75 Å². The van der Waals surface area contributed by atoms with Gasteiger partial charge in [-0.05, 0) is 66.6 Å². The molecule has 30 heavy (non-hydrogen) atoms. The fourth-order valence-electron chi connectivity index (χ4n) is 3.47. The van der Waals surface area contributed by atoms with Crippen molar-refractivity contribution in [2.24, 2.45) is 0 Å². The number of thiophene rings is 1. The summed E-state index contributed by atoms with van der Waals surface area (Å²) in [6.07, 6.45) is 1.49. The second kappa shape index (κ2) is 8.49. The standard InChI is InChI=1S/C22H22N2O4S2/c1-16-6-2-3-8-20(16)28-15-21(25)23-18-10-11-19-17(14-18)7-4-12-24(19)30(26,27)22-9-5-13-29-22/h2-3,5-6,8-11,13-14H,4,7,12,15H2,1H3,(H,23,25). The number of ether oxygens (including phenoxy) is 1. The van der Waals surface area contributed by atoms with Gasteiger partial charge >= 0.3 is 0 Å². The van der Waals surface area contributed by atoms with Crippen LogP contribution in [0.15, 0.2) is 64.2 Å². The van der Waals surface area contributed by atoms with Crippen molar-refractivity contribution in [3.63, 3.8) is 0 Å². The summed E-state index contributed by atoms with van der Waals surface area (Å²) in [5.41, 5.74) is 3.16. The molecule has 0 saturated heterocycles. The molecule has 0 radical (unpaired) electrons. The molecule has 0 fully saturated rings. The Balaban J connectivity index is 1.47. The molecule has 4 rings (SSSR count). The van der Waals surface area contributed by atoms with Gasteiger partial charge in [-0.3, -0.25) is 9.10 Å². The average Bonchev–Trinajstić information content (AvgIpc) is 3.28. The van der Waals surface area contributed by atoms with Crippen molar-refractivity contribution in [2.75, 3.05) is 22.8 Å². The second-order valence-corrected chi connectivity index (χ2v) is 10.1. The van der Waals surface area contributed by atoms with Gasteiger partial charge in [-0.2, -0.15) is 0 Å². The lowest BCUT2D eigenvalue weighted by molar-refractivity contribution is -0.118. The van der Waals surface area contributed by atoms with E-state index in [-0.39, 0.29) is 12.5 Å². The van der Waals surface area contributed by atoms with Crippen LogP contribution in [-0.4, -0.2) is 27.5 Å². The highest BCUT2D eigenvalue weighted by Gasteiger charge is 2.29. The van der Waals surface area contributed by atoms with Crippen molar-refractivity contribution >= 4 is 38.6 Å². The Kier molecular flexibility index (Phi) is 5.78. The van der Waals surface area contributed by atoms with Crippen LogP contribution in [0.25, 0.3) is 0 Å². The second-order valence-electron chi connectivity index (χ2n) is 7.06. The summed E-state index contributed by atoms with van der Waals surface area (Å²) in [7, 11) is -3.57. The van der Waals surface area contributed by atoms with Crippen LogP contribution in [0.1, 0.15) is 17.5 Å². The fourth-order valence-corrected chi connectivity index (χ4v) is 6.11. The summed E-state index contributed by atoms with van der Waals surface area (Å²) < 4.78 is 33.3. The van der Waals surface area contributed by atoms with E-state index >= 15 is 0 Å². The third kappa shape index (κ3) is 4.20. The van der Waals surface area contributed by atoms with Gasteiger partial charge in [0.1, 0.15) is 9.96 Å². The molecule has 1 aliphatic rings. The van der Waals surface area contributed by atoms with Gasteiger partial charge in [-0.1, -0.05) is 24.3 Å². The molecule has 2 aromatic carbocycles. The van der Waals surface area contributed by atoms with Crippen molar-refractivity contribution in [1.82, 2.24) is 0 Å². The van der Waals surface area contributed by atoms with Crippen LogP contribution >= 0.6 is 11.3 Å². The number of nitrogens with zero attached hydrogens (tertiary/aromatic N) is 1. The van der Waals surface area contributed by atoms with Crippen molar-refractivity contribution in [3.05, 3.63) is 71.1 Å². The van der Waals surface area contributed by atoms with E-state index in [9.17, 15) is 13.2 Å². The highest BCUT2D eigenvalue weighted by molar-refractivity contribution is 7.94. The van der Waals surface area contributed by atoms with E-state index < -0.39 is 10.0 Å². The molecule has 1 amide bonds. The molecular formula is C22H22N2O4S2. The molecule has 0 bridgehead atoms.